The van der Waals surface area contributed by atoms with Gasteiger partial charge >= 0.3 is 5.97 Å². The second-order valence-corrected chi connectivity index (χ2v) is 4.42. The fourth-order valence-corrected chi connectivity index (χ4v) is 1.71. The number of amides is 1. The predicted octanol–water partition coefficient (Wildman–Crippen LogP) is 1.51. The summed E-state index contributed by atoms with van der Waals surface area (Å²) in [5.74, 6) is -0.0963. The summed E-state index contributed by atoms with van der Waals surface area (Å²) in [7, 11) is 2.82. The minimum absolute atomic E-state index is 0.118. The van der Waals surface area contributed by atoms with Crippen LogP contribution in [-0.4, -0.2) is 57.3 Å². The van der Waals surface area contributed by atoms with Crippen LogP contribution in [-0.2, 0) is 14.3 Å². The Hall–Kier alpha value is -2.34. The molecule has 1 rings (SSSR count). The first-order chi connectivity index (χ1) is 10.6. The molecule has 0 atom stereocenters. The smallest absolute Gasteiger partial charge is 0.325 e. The van der Waals surface area contributed by atoms with Gasteiger partial charge in [-0.2, -0.15) is 0 Å². The molecule has 0 N–H and O–H groups in total. The molecule has 0 aliphatic rings. The zero-order valence-corrected chi connectivity index (χ0v) is 12.9. The van der Waals surface area contributed by atoms with Gasteiger partial charge in [-0.15, -0.1) is 0 Å². The number of esters is 1. The SMILES string of the molecule is C=CCOc1ccc(C(=O)N(CCOC)CC(=O)OC)cc1. The van der Waals surface area contributed by atoms with Crippen molar-refractivity contribution in [2.45, 2.75) is 0 Å². The van der Waals surface area contributed by atoms with E-state index in [0.717, 1.165) is 0 Å². The highest BCUT2D eigenvalue weighted by Gasteiger charge is 2.19. The average molecular weight is 307 g/mol. The Balaban J connectivity index is 2.78. The second-order valence-electron chi connectivity index (χ2n) is 4.42. The number of carbonyl (C=O) groups is 2. The molecule has 0 spiro atoms. The van der Waals surface area contributed by atoms with Crippen molar-refractivity contribution in [1.82, 2.24) is 4.90 Å². The summed E-state index contributed by atoms with van der Waals surface area (Å²) in [5, 5.41) is 0. The molecule has 0 saturated carbocycles. The molecule has 0 unspecified atom stereocenters. The fraction of sp³-hybridized carbons (Fsp3) is 0.375. The van der Waals surface area contributed by atoms with Crippen molar-refractivity contribution < 1.29 is 23.8 Å². The van der Waals surface area contributed by atoms with E-state index < -0.39 is 5.97 Å². The number of nitrogens with zero attached hydrogens (tertiary/aromatic N) is 1. The summed E-state index contributed by atoms with van der Waals surface area (Å²) in [5.41, 5.74) is 0.464. The minimum Gasteiger partial charge on any atom is -0.490 e. The van der Waals surface area contributed by atoms with E-state index in [1.54, 1.807) is 30.3 Å². The lowest BCUT2D eigenvalue weighted by atomic mass is 10.2. The molecule has 0 heterocycles. The van der Waals surface area contributed by atoms with Gasteiger partial charge in [0.1, 0.15) is 18.9 Å². The van der Waals surface area contributed by atoms with Crippen LogP contribution < -0.4 is 4.74 Å². The number of hydrogen-bond acceptors (Lipinski definition) is 5. The van der Waals surface area contributed by atoms with Crippen LogP contribution in [0.15, 0.2) is 36.9 Å². The first kappa shape index (κ1) is 17.7. The van der Waals surface area contributed by atoms with E-state index >= 15 is 0 Å². The Morgan fingerprint density at radius 3 is 2.45 bits per heavy atom. The van der Waals surface area contributed by atoms with Gasteiger partial charge in [0.25, 0.3) is 5.91 Å². The number of hydrogen-bond donors (Lipinski definition) is 0. The summed E-state index contributed by atoms with van der Waals surface area (Å²) in [6.07, 6.45) is 1.64. The molecule has 6 heteroatoms. The molecular weight excluding hydrogens is 286 g/mol. The first-order valence-corrected chi connectivity index (χ1v) is 6.81. The van der Waals surface area contributed by atoms with Crippen molar-refractivity contribution in [2.24, 2.45) is 0 Å². The molecule has 22 heavy (non-hydrogen) atoms. The molecule has 0 aliphatic carbocycles. The van der Waals surface area contributed by atoms with Crippen LogP contribution in [0.5, 0.6) is 5.75 Å². The third-order valence-corrected chi connectivity index (χ3v) is 2.87. The van der Waals surface area contributed by atoms with Gasteiger partial charge in [0.15, 0.2) is 0 Å². The Morgan fingerprint density at radius 2 is 1.91 bits per heavy atom. The third-order valence-electron chi connectivity index (χ3n) is 2.87. The summed E-state index contributed by atoms with van der Waals surface area (Å²) in [6.45, 7) is 4.49. The van der Waals surface area contributed by atoms with E-state index in [1.165, 1.54) is 19.1 Å². The Bertz CT molecular complexity index is 498. The molecule has 6 nitrogen and oxygen atoms in total. The summed E-state index contributed by atoms with van der Waals surface area (Å²) in [6, 6.07) is 6.70. The molecule has 1 aromatic carbocycles. The van der Waals surface area contributed by atoms with Crippen molar-refractivity contribution >= 4 is 11.9 Å². The molecule has 1 amide bonds. The van der Waals surface area contributed by atoms with Gasteiger partial charge in [-0.1, -0.05) is 12.7 Å². The van der Waals surface area contributed by atoms with Crippen molar-refractivity contribution in [3.05, 3.63) is 42.5 Å². The fourth-order valence-electron chi connectivity index (χ4n) is 1.71. The Morgan fingerprint density at radius 1 is 1.23 bits per heavy atom. The van der Waals surface area contributed by atoms with Gasteiger partial charge in [0.05, 0.1) is 13.7 Å². The average Bonchev–Trinajstić information content (AvgIpc) is 2.56. The van der Waals surface area contributed by atoms with E-state index in [1.807, 2.05) is 0 Å². The maximum Gasteiger partial charge on any atom is 0.325 e. The largest absolute Gasteiger partial charge is 0.490 e. The number of ether oxygens (including phenoxy) is 3. The highest BCUT2D eigenvalue weighted by molar-refractivity contribution is 5.96. The third kappa shape index (κ3) is 5.57. The zero-order valence-electron chi connectivity index (χ0n) is 12.9. The number of rotatable bonds is 9. The summed E-state index contributed by atoms with van der Waals surface area (Å²) in [4.78, 5) is 25.2. The van der Waals surface area contributed by atoms with E-state index in [0.29, 0.717) is 31.1 Å². The van der Waals surface area contributed by atoms with Gasteiger partial charge in [0.2, 0.25) is 0 Å². The standard InChI is InChI=1S/C16H21NO5/c1-4-10-22-14-7-5-13(6-8-14)16(19)17(9-11-20-2)12-15(18)21-3/h4-8H,1,9-12H2,2-3H3. The van der Waals surface area contributed by atoms with Crippen LogP contribution in [0.25, 0.3) is 0 Å². The molecule has 0 fully saturated rings. The maximum absolute atomic E-state index is 12.4. The lowest BCUT2D eigenvalue weighted by Gasteiger charge is -2.21. The van der Waals surface area contributed by atoms with Crippen LogP contribution in [0.2, 0.25) is 0 Å². The predicted molar refractivity (Wildman–Crippen MR) is 81.9 cm³/mol. The van der Waals surface area contributed by atoms with Gasteiger partial charge in [-0.25, -0.2) is 0 Å². The van der Waals surface area contributed by atoms with Crippen molar-refractivity contribution in [3.8, 4) is 5.75 Å². The van der Waals surface area contributed by atoms with Crippen LogP contribution in [0.1, 0.15) is 10.4 Å². The van der Waals surface area contributed by atoms with Crippen molar-refractivity contribution in [2.75, 3.05) is 40.5 Å². The van der Waals surface area contributed by atoms with Gasteiger partial charge in [0, 0.05) is 19.2 Å². The molecule has 0 aromatic heterocycles. The Kier molecular flexibility index (Phi) is 7.70. The van der Waals surface area contributed by atoms with Crippen molar-refractivity contribution in [1.29, 1.82) is 0 Å². The molecule has 0 bridgehead atoms. The van der Waals surface area contributed by atoms with Crippen LogP contribution in [0.4, 0.5) is 0 Å². The molecule has 0 radical (unpaired) electrons. The number of benzene rings is 1. The first-order valence-electron chi connectivity index (χ1n) is 6.81. The molecule has 0 aliphatic heterocycles. The molecule has 1 aromatic rings. The minimum atomic E-state index is -0.476. The monoisotopic (exact) mass is 307 g/mol. The lowest BCUT2D eigenvalue weighted by Crippen LogP contribution is -2.38. The number of methoxy groups -OCH3 is 2. The van der Waals surface area contributed by atoms with E-state index in [9.17, 15) is 9.59 Å². The summed E-state index contributed by atoms with van der Waals surface area (Å²) >= 11 is 0. The van der Waals surface area contributed by atoms with Gasteiger partial charge in [-0.05, 0) is 24.3 Å². The van der Waals surface area contributed by atoms with E-state index in [-0.39, 0.29) is 12.5 Å². The van der Waals surface area contributed by atoms with Crippen LogP contribution in [0, 0.1) is 0 Å². The van der Waals surface area contributed by atoms with Crippen molar-refractivity contribution in [3.63, 3.8) is 0 Å². The second kappa shape index (κ2) is 9.57. The van der Waals surface area contributed by atoms with E-state index in [2.05, 4.69) is 11.3 Å². The van der Waals surface area contributed by atoms with Crippen LogP contribution >= 0.6 is 0 Å². The van der Waals surface area contributed by atoms with Gasteiger partial charge < -0.3 is 19.1 Å². The highest BCUT2D eigenvalue weighted by Crippen LogP contribution is 2.14. The molecule has 120 valence electrons. The molecule has 0 saturated heterocycles. The topological polar surface area (TPSA) is 65.1 Å². The number of carbonyl (C=O) groups excluding carboxylic acids is 2. The Labute approximate surface area is 130 Å². The molecular formula is C16H21NO5. The zero-order chi connectivity index (χ0) is 16.4. The normalized spacial score (nSPS) is 9.91. The maximum atomic E-state index is 12.4. The van der Waals surface area contributed by atoms with E-state index in [4.69, 9.17) is 9.47 Å². The lowest BCUT2D eigenvalue weighted by molar-refractivity contribution is -0.141. The highest BCUT2D eigenvalue weighted by atomic mass is 16.5. The quantitative estimate of drug-likeness (QED) is 0.511. The van der Waals surface area contributed by atoms with Crippen LogP contribution in [0.3, 0.4) is 0 Å². The van der Waals surface area contributed by atoms with Gasteiger partial charge in [-0.3, -0.25) is 9.59 Å². The summed E-state index contributed by atoms with van der Waals surface area (Å²) < 4.78 is 14.9.